The lowest BCUT2D eigenvalue weighted by Crippen LogP contribution is -1.99. The van der Waals surface area contributed by atoms with Gasteiger partial charge < -0.3 is 9.84 Å². The van der Waals surface area contributed by atoms with Crippen LogP contribution in [0.3, 0.4) is 0 Å². The van der Waals surface area contributed by atoms with Crippen LogP contribution in [0.15, 0.2) is 42.5 Å². The van der Waals surface area contributed by atoms with Gasteiger partial charge in [0.1, 0.15) is 5.82 Å². The molecule has 0 aliphatic rings. The number of methoxy groups -OCH3 is 1. The topological polar surface area (TPSA) is 63.6 Å². The minimum atomic E-state index is -1.13. The summed E-state index contributed by atoms with van der Waals surface area (Å²) >= 11 is 0. The number of carboxylic acids is 1. The number of hydrogen-bond acceptors (Lipinski definition) is 3. The van der Waals surface area contributed by atoms with Crippen molar-refractivity contribution in [2.24, 2.45) is 0 Å². The maximum Gasteiger partial charge on any atom is 0.335 e. The number of halogens is 1. The molecular formula is C16H15FO4. The molecule has 2 rings (SSSR count). The molecular weight excluding hydrogens is 275 g/mol. The zero-order chi connectivity index (χ0) is 15.8. The number of hydrogen-bond donors (Lipinski definition) is 1. The predicted molar refractivity (Wildman–Crippen MR) is 77.1 cm³/mol. The van der Waals surface area contributed by atoms with Crippen LogP contribution in [0, 0.1) is 5.82 Å². The second kappa shape index (κ2) is 7.91. The molecule has 0 unspecified atom stereocenters. The summed E-state index contributed by atoms with van der Waals surface area (Å²) < 4.78 is 17.9. The number of aromatic carboxylic acids is 1. The Morgan fingerprint density at radius 3 is 2.29 bits per heavy atom. The quantitative estimate of drug-likeness (QED) is 0.881. The van der Waals surface area contributed by atoms with Crippen molar-refractivity contribution in [3.05, 3.63) is 59.4 Å². The van der Waals surface area contributed by atoms with E-state index in [0.717, 1.165) is 0 Å². The summed E-state index contributed by atoms with van der Waals surface area (Å²) in [5.74, 6) is -1.58. The fraction of sp³-hybridized carbons (Fsp3) is 0.125. The first kappa shape index (κ1) is 16.5. The highest BCUT2D eigenvalue weighted by Gasteiger charge is 2.12. The van der Waals surface area contributed by atoms with E-state index < -0.39 is 11.8 Å². The van der Waals surface area contributed by atoms with Crippen LogP contribution in [-0.4, -0.2) is 31.6 Å². The normalized spacial score (nSPS) is 9.48. The van der Waals surface area contributed by atoms with Crippen LogP contribution in [0.25, 0.3) is 11.1 Å². The van der Waals surface area contributed by atoms with Gasteiger partial charge in [-0.25, -0.2) is 9.18 Å². The zero-order valence-electron chi connectivity index (χ0n) is 11.7. The predicted octanol–water partition coefficient (Wildman–Crippen LogP) is 3.27. The molecule has 5 heteroatoms. The number of carboxylic acid groups (broad SMARTS) is 1. The van der Waals surface area contributed by atoms with Gasteiger partial charge in [-0.3, -0.25) is 4.79 Å². The van der Waals surface area contributed by atoms with Crippen LogP contribution in [0.4, 0.5) is 4.39 Å². The molecule has 110 valence electrons. The summed E-state index contributed by atoms with van der Waals surface area (Å²) in [6.45, 7) is 0. The molecule has 0 heterocycles. The molecule has 1 N–H and O–H groups in total. The van der Waals surface area contributed by atoms with Crippen LogP contribution < -0.4 is 0 Å². The van der Waals surface area contributed by atoms with Crippen molar-refractivity contribution >= 4 is 12.3 Å². The minimum absolute atomic E-state index is 0.00260. The summed E-state index contributed by atoms with van der Waals surface area (Å²) in [5, 5.41) is 8.83. The minimum Gasteiger partial charge on any atom is -0.478 e. The van der Waals surface area contributed by atoms with E-state index in [1.807, 2.05) is 0 Å². The Morgan fingerprint density at radius 1 is 1.14 bits per heavy atom. The standard InChI is InChI=1S/C14H9FO3.C2H6O/c15-13-4-2-1-3-12(13)11-6-5-9(14(17)18)7-10(11)8-16;1-3-2/h1-8H,(H,17,18);1-2H3. The molecule has 0 radical (unpaired) electrons. The average molecular weight is 290 g/mol. The molecule has 0 spiro atoms. The lowest BCUT2D eigenvalue weighted by molar-refractivity contribution is 0.0697. The fourth-order valence-corrected chi connectivity index (χ4v) is 1.72. The van der Waals surface area contributed by atoms with E-state index in [9.17, 15) is 14.0 Å². The Hall–Kier alpha value is -2.53. The first-order chi connectivity index (χ1) is 10.0. The Bertz CT molecular complexity index is 638. The molecule has 4 nitrogen and oxygen atoms in total. The highest BCUT2D eigenvalue weighted by Crippen LogP contribution is 2.26. The van der Waals surface area contributed by atoms with Gasteiger partial charge in [0.15, 0.2) is 6.29 Å². The van der Waals surface area contributed by atoms with Gasteiger partial charge in [-0.2, -0.15) is 0 Å². The van der Waals surface area contributed by atoms with Crippen molar-refractivity contribution in [2.45, 2.75) is 0 Å². The van der Waals surface area contributed by atoms with E-state index in [1.54, 1.807) is 26.4 Å². The van der Waals surface area contributed by atoms with E-state index in [-0.39, 0.29) is 16.7 Å². The fourth-order valence-electron chi connectivity index (χ4n) is 1.72. The molecule has 21 heavy (non-hydrogen) atoms. The van der Waals surface area contributed by atoms with Crippen LogP contribution in [0.5, 0.6) is 0 Å². The lowest BCUT2D eigenvalue weighted by atomic mass is 9.98. The monoisotopic (exact) mass is 290 g/mol. The van der Waals surface area contributed by atoms with Gasteiger partial charge in [-0.1, -0.05) is 24.3 Å². The van der Waals surface area contributed by atoms with Gasteiger partial charge in [0.2, 0.25) is 0 Å². The molecule has 0 aliphatic heterocycles. The highest BCUT2D eigenvalue weighted by atomic mass is 19.1. The lowest BCUT2D eigenvalue weighted by Gasteiger charge is -2.07. The number of rotatable bonds is 3. The van der Waals surface area contributed by atoms with Gasteiger partial charge in [0.05, 0.1) is 5.56 Å². The van der Waals surface area contributed by atoms with Crippen molar-refractivity contribution in [1.82, 2.24) is 0 Å². The van der Waals surface area contributed by atoms with Crippen molar-refractivity contribution in [3.63, 3.8) is 0 Å². The largest absolute Gasteiger partial charge is 0.478 e. The van der Waals surface area contributed by atoms with E-state index in [0.29, 0.717) is 11.8 Å². The third kappa shape index (κ3) is 4.22. The maximum atomic E-state index is 13.6. The number of carbonyl (C=O) groups excluding carboxylic acids is 1. The molecule has 0 saturated heterocycles. The van der Waals surface area contributed by atoms with E-state index in [1.165, 1.54) is 30.3 Å². The second-order valence-corrected chi connectivity index (χ2v) is 4.11. The van der Waals surface area contributed by atoms with Gasteiger partial charge in [-0.15, -0.1) is 0 Å². The second-order valence-electron chi connectivity index (χ2n) is 4.11. The van der Waals surface area contributed by atoms with Crippen molar-refractivity contribution in [3.8, 4) is 11.1 Å². The third-order valence-electron chi connectivity index (χ3n) is 2.59. The van der Waals surface area contributed by atoms with Crippen LogP contribution in [0.2, 0.25) is 0 Å². The molecule has 0 aromatic heterocycles. The Labute approximate surface area is 121 Å². The molecule has 0 fully saturated rings. The summed E-state index contributed by atoms with van der Waals surface area (Å²) in [7, 11) is 3.25. The molecule has 0 saturated carbocycles. The molecule has 0 atom stereocenters. The van der Waals surface area contributed by atoms with E-state index in [4.69, 9.17) is 5.11 Å². The number of carbonyl (C=O) groups is 2. The SMILES string of the molecule is COC.O=Cc1cc(C(=O)O)ccc1-c1ccccc1F. The van der Waals surface area contributed by atoms with Gasteiger partial charge >= 0.3 is 5.97 Å². The first-order valence-electron chi connectivity index (χ1n) is 6.02. The van der Waals surface area contributed by atoms with Gasteiger partial charge in [0, 0.05) is 25.3 Å². The number of benzene rings is 2. The summed E-state index contributed by atoms with van der Waals surface area (Å²) in [6.07, 6.45) is 0.522. The summed E-state index contributed by atoms with van der Waals surface area (Å²) in [4.78, 5) is 21.8. The van der Waals surface area contributed by atoms with Gasteiger partial charge in [-0.05, 0) is 23.8 Å². The van der Waals surface area contributed by atoms with Crippen molar-refractivity contribution in [2.75, 3.05) is 14.2 Å². The molecule has 0 aliphatic carbocycles. The average Bonchev–Trinajstić information content (AvgIpc) is 2.48. The smallest absolute Gasteiger partial charge is 0.335 e. The Kier molecular flexibility index (Phi) is 6.23. The summed E-state index contributed by atoms with van der Waals surface area (Å²) in [5.41, 5.74) is 0.807. The molecule has 0 amide bonds. The summed E-state index contributed by atoms with van der Waals surface area (Å²) in [6, 6.07) is 10.0. The zero-order valence-corrected chi connectivity index (χ0v) is 11.7. The van der Waals surface area contributed by atoms with Crippen LogP contribution in [0.1, 0.15) is 20.7 Å². The van der Waals surface area contributed by atoms with Crippen molar-refractivity contribution in [1.29, 1.82) is 0 Å². The third-order valence-corrected chi connectivity index (χ3v) is 2.59. The van der Waals surface area contributed by atoms with Crippen LogP contribution >= 0.6 is 0 Å². The molecule has 2 aromatic rings. The van der Waals surface area contributed by atoms with E-state index in [2.05, 4.69) is 4.74 Å². The Balaban J connectivity index is 0.000000677. The molecule has 0 bridgehead atoms. The number of ether oxygens (including phenoxy) is 1. The van der Waals surface area contributed by atoms with Gasteiger partial charge in [0.25, 0.3) is 0 Å². The Morgan fingerprint density at radius 2 is 1.76 bits per heavy atom. The highest BCUT2D eigenvalue weighted by molar-refractivity contribution is 5.94. The number of aldehydes is 1. The molecule has 2 aromatic carbocycles. The van der Waals surface area contributed by atoms with Crippen LogP contribution in [-0.2, 0) is 4.74 Å². The first-order valence-corrected chi connectivity index (χ1v) is 6.02. The van der Waals surface area contributed by atoms with E-state index >= 15 is 0 Å². The van der Waals surface area contributed by atoms with Crippen molar-refractivity contribution < 1.29 is 23.8 Å². The maximum absolute atomic E-state index is 13.6.